The molecule has 128 valence electrons. The molecule has 0 radical (unpaired) electrons. The molecule has 0 spiro atoms. The maximum atomic E-state index is 13.2. The minimum atomic E-state index is -6.90. The quantitative estimate of drug-likeness (QED) is 0.252. The zero-order valence-electron chi connectivity index (χ0n) is 12.4. The van der Waals surface area contributed by atoms with Crippen LogP contribution < -0.4 is 29.6 Å². The van der Waals surface area contributed by atoms with Gasteiger partial charge in [-0.25, -0.2) is 8.42 Å². The Morgan fingerprint density at radius 1 is 0.864 bits per heavy atom. The van der Waals surface area contributed by atoms with Crippen molar-refractivity contribution in [3.63, 3.8) is 0 Å². The van der Waals surface area contributed by atoms with Gasteiger partial charge in [0.05, 0.1) is 0 Å². The van der Waals surface area contributed by atoms with Crippen LogP contribution in [0.1, 0.15) is 51.9 Å². The van der Waals surface area contributed by atoms with Crippen molar-refractivity contribution in [3.05, 3.63) is 0 Å². The minimum Gasteiger partial charge on any atom is -0.743 e. The maximum absolute atomic E-state index is 13.2. The molecule has 0 rings (SSSR count). The summed E-state index contributed by atoms with van der Waals surface area (Å²) in [6, 6.07) is 0. The number of unbranched alkanes of at least 4 members (excludes halogenated alkanes) is 5. The summed E-state index contributed by atoms with van der Waals surface area (Å²) in [5, 5.41) is -6.36. The van der Waals surface area contributed by atoms with E-state index in [1.54, 1.807) is 0 Å². The van der Waals surface area contributed by atoms with Gasteiger partial charge in [0.25, 0.3) is 0 Å². The minimum absolute atomic E-state index is 0. The van der Waals surface area contributed by atoms with Crippen LogP contribution in [0.4, 0.5) is 26.3 Å². The van der Waals surface area contributed by atoms with Crippen molar-refractivity contribution >= 4 is 10.1 Å². The zero-order chi connectivity index (χ0) is 16.9. The summed E-state index contributed by atoms with van der Waals surface area (Å²) in [5.74, 6) is -11.5. The van der Waals surface area contributed by atoms with E-state index in [-0.39, 0.29) is 36.0 Å². The molecule has 0 saturated carbocycles. The number of hydrogen-bond acceptors (Lipinski definition) is 3. The molecule has 0 N–H and O–H groups in total. The molecule has 0 fully saturated rings. The second-order valence-electron chi connectivity index (χ2n) is 4.77. The van der Waals surface area contributed by atoms with Gasteiger partial charge in [-0.2, -0.15) is 26.3 Å². The van der Waals surface area contributed by atoms with E-state index in [2.05, 4.69) is 0 Å². The molecule has 11 heteroatoms. The van der Waals surface area contributed by atoms with Gasteiger partial charge in [-0.1, -0.05) is 39.0 Å². The van der Waals surface area contributed by atoms with E-state index in [0.717, 1.165) is 12.8 Å². The van der Waals surface area contributed by atoms with Crippen LogP contribution >= 0.6 is 0 Å². The number of alkyl halides is 6. The summed E-state index contributed by atoms with van der Waals surface area (Å²) in [5.41, 5.74) is 0. The fraction of sp³-hybridized carbons (Fsp3) is 1.00. The Morgan fingerprint density at radius 2 is 1.27 bits per heavy atom. The second kappa shape index (κ2) is 9.10. The van der Waals surface area contributed by atoms with Crippen molar-refractivity contribution in [3.8, 4) is 0 Å². The zero-order valence-corrected chi connectivity index (χ0v) is 15.2. The van der Waals surface area contributed by atoms with Gasteiger partial charge in [-0.05, 0) is 6.42 Å². The summed E-state index contributed by atoms with van der Waals surface area (Å²) in [6.45, 7) is 1.90. The van der Waals surface area contributed by atoms with E-state index in [1.165, 1.54) is 0 Å². The molecule has 0 unspecified atom stereocenters. The van der Waals surface area contributed by atoms with Crippen LogP contribution in [0, 0.1) is 0 Å². The van der Waals surface area contributed by atoms with Crippen molar-refractivity contribution in [2.45, 2.75) is 69.0 Å². The van der Waals surface area contributed by atoms with Crippen molar-refractivity contribution in [2.24, 2.45) is 0 Å². The van der Waals surface area contributed by atoms with Crippen LogP contribution in [-0.4, -0.2) is 30.1 Å². The number of rotatable bonds is 10. The molecular weight excluding hydrogens is 349 g/mol. The smallest absolute Gasteiger partial charge is 0.743 e. The van der Waals surface area contributed by atoms with E-state index >= 15 is 0 Å². The second-order valence-corrected chi connectivity index (χ2v) is 6.19. The Labute approximate surface area is 147 Å². The molecule has 0 aromatic carbocycles. The molecule has 0 aliphatic carbocycles. The Bertz CT molecular complexity index is 428. The first-order valence-corrected chi connectivity index (χ1v) is 7.81. The number of halogens is 6. The van der Waals surface area contributed by atoms with Crippen LogP contribution in [0.15, 0.2) is 0 Å². The van der Waals surface area contributed by atoms with Crippen LogP contribution in [0.2, 0.25) is 0 Å². The van der Waals surface area contributed by atoms with Crippen LogP contribution in [0.25, 0.3) is 0 Å². The summed E-state index contributed by atoms with van der Waals surface area (Å²) < 4.78 is 108. The molecule has 0 aromatic rings. The molecule has 3 nitrogen and oxygen atoms in total. The van der Waals surface area contributed by atoms with Gasteiger partial charge in [0.1, 0.15) is 0 Å². The number of hydrogen-bond donors (Lipinski definition) is 0. The normalized spacial score (nSPS) is 13.8. The van der Waals surface area contributed by atoms with Crippen molar-refractivity contribution in [1.82, 2.24) is 0 Å². The molecule has 0 aliphatic rings. The Balaban J connectivity index is 0. The van der Waals surface area contributed by atoms with Crippen molar-refractivity contribution in [2.75, 3.05) is 0 Å². The molecule has 0 bridgehead atoms. The molecular formula is C11H17F6NaO3S. The van der Waals surface area contributed by atoms with E-state index in [1.807, 2.05) is 6.92 Å². The summed E-state index contributed by atoms with van der Waals surface area (Å²) in [7, 11) is -6.90. The largest absolute Gasteiger partial charge is 1.00 e. The fourth-order valence-electron chi connectivity index (χ4n) is 1.65. The fourth-order valence-corrected chi connectivity index (χ4v) is 2.12. The monoisotopic (exact) mass is 366 g/mol. The standard InChI is InChI=1S/C11H18F6O3S.Na/c1-2-3-4-5-6-7-8-9(12,13)10(14,15)11(16,17)21(18,19)20;/h2-8H2,1H3,(H,18,19,20);/q;+1/p-1. The van der Waals surface area contributed by atoms with E-state index in [0.29, 0.717) is 12.8 Å². The first-order valence-electron chi connectivity index (χ1n) is 6.40. The van der Waals surface area contributed by atoms with E-state index in [4.69, 9.17) is 0 Å². The van der Waals surface area contributed by atoms with Crippen LogP contribution in [0.3, 0.4) is 0 Å². The topological polar surface area (TPSA) is 57.2 Å². The molecule has 0 atom stereocenters. The molecule has 0 aromatic heterocycles. The molecule has 0 heterocycles. The first-order chi connectivity index (χ1) is 9.31. The third-order valence-electron chi connectivity index (χ3n) is 2.98. The Morgan fingerprint density at radius 3 is 1.68 bits per heavy atom. The SMILES string of the molecule is CCCCCCCCC(F)(F)C(F)(F)C(F)(F)S(=O)(=O)[O-].[Na+]. The van der Waals surface area contributed by atoms with E-state index in [9.17, 15) is 39.3 Å². The molecule has 0 amide bonds. The summed E-state index contributed by atoms with van der Waals surface area (Å²) in [4.78, 5) is 0. The van der Waals surface area contributed by atoms with Gasteiger partial charge >= 0.3 is 46.7 Å². The average Bonchev–Trinajstić information content (AvgIpc) is 2.31. The predicted octanol–water partition coefficient (Wildman–Crippen LogP) is 1.15. The Hall–Kier alpha value is 0.490. The molecule has 22 heavy (non-hydrogen) atoms. The van der Waals surface area contributed by atoms with Crippen molar-refractivity contribution in [1.29, 1.82) is 0 Å². The Kier molecular flexibility index (Phi) is 10.2. The van der Waals surface area contributed by atoms with Gasteiger partial charge in [0.2, 0.25) is 0 Å². The van der Waals surface area contributed by atoms with E-state index < -0.39 is 40.1 Å². The molecule has 0 aliphatic heterocycles. The summed E-state index contributed by atoms with van der Waals surface area (Å²) >= 11 is 0. The van der Waals surface area contributed by atoms with Gasteiger partial charge in [-0.15, -0.1) is 0 Å². The molecule has 0 saturated heterocycles. The van der Waals surface area contributed by atoms with Gasteiger partial charge in [-0.3, -0.25) is 0 Å². The van der Waals surface area contributed by atoms with Crippen LogP contribution in [0.5, 0.6) is 0 Å². The third kappa shape index (κ3) is 5.85. The summed E-state index contributed by atoms with van der Waals surface area (Å²) in [6.07, 6.45) is 0.927. The van der Waals surface area contributed by atoms with Crippen LogP contribution in [-0.2, 0) is 10.1 Å². The predicted molar refractivity (Wildman–Crippen MR) is 62.5 cm³/mol. The first kappa shape index (κ1) is 24.7. The van der Waals surface area contributed by atoms with Gasteiger partial charge in [0.15, 0.2) is 10.1 Å². The van der Waals surface area contributed by atoms with Gasteiger partial charge < -0.3 is 4.55 Å². The maximum Gasteiger partial charge on any atom is 1.00 e. The van der Waals surface area contributed by atoms with Gasteiger partial charge in [0, 0.05) is 6.42 Å². The van der Waals surface area contributed by atoms with Crippen molar-refractivity contribution < 1.29 is 68.9 Å². The average molecular weight is 366 g/mol. The third-order valence-corrected chi connectivity index (χ3v) is 3.87.